The molecule has 0 spiro atoms. The number of hydrogen-bond donors (Lipinski definition) is 2. The number of halogens is 2. The molecule has 0 aliphatic heterocycles. The number of amides is 2. The Balaban J connectivity index is 1.69. The standard InChI is InChI=1S/C17H14ClFN2O2/c1-10(16-8-11-4-2-3-5-15(11)23-16)20-17(22)21-14-7-6-12(18)9-13(14)19/h2-10H,1H3,(H2,20,21,22). The first-order valence-corrected chi connectivity index (χ1v) is 7.42. The molecule has 2 amide bonds. The van der Waals surface area contributed by atoms with Crippen LogP contribution in [0.5, 0.6) is 0 Å². The first kappa shape index (κ1) is 15.4. The van der Waals surface area contributed by atoms with Gasteiger partial charge < -0.3 is 15.1 Å². The predicted octanol–water partition coefficient (Wildman–Crippen LogP) is 5.11. The molecule has 0 saturated heterocycles. The molecule has 23 heavy (non-hydrogen) atoms. The van der Waals surface area contributed by atoms with E-state index in [-0.39, 0.29) is 16.8 Å². The molecule has 3 rings (SSSR count). The van der Waals surface area contributed by atoms with E-state index < -0.39 is 11.8 Å². The largest absolute Gasteiger partial charge is 0.459 e. The Morgan fingerprint density at radius 2 is 2.00 bits per heavy atom. The van der Waals surface area contributed by atoms with Crippen LogP contribution in [0, 0.1) is 5.82 Å². The van der Waals surface area contributed by atoms with Crippen LogP contribution >= 0.6 is 11.6 Å². The minimum Gasteiger partial charge on any atom is -0.459 e. The number of nitrogens with one attached hydrogen (secondary N) is 2. The molecule has 0 radical (unpaired) electrons. The first-order valence-electron chi connectivity index (χ1n) is 7.04. The Labute approximate surface area is 137 Å². The quantitative estimate of drug-likeness (QED) is 0.700. The van der Waals surface area contributed by atoms with Gasteiger partial charge >= 0.3 is 6.03 Å². The van der Waals surface area contributed by atoms with Crippen LogP contribution in [0.3, 0.4) is 0 Å². The minimum atomic E-state index is -0.593. The highest BCUT2D eigenvalue weighted by Crippen LogP contribution is 2.24. The van der Waals surface area contributed by atoms with E-state index in [4.69, 9.17) is 16.0 Å². The number of furan rings is 1. The number of carbonyl (C=O) groups excluding carboxylic acids is 1. The predicted molar refractivity (Wildman–Crippen MR) is 88.2 cm³/mol. The molecule has 1 aromatic heterocycles. The van der Waals surface area contributed by atoms with Crippen molar-refractivity contribution >= 4 is 34.3 Å². The Kier molecular flexibility index (Phi) is 4.21. The maximum atomic E-state index is 13.7. The summed E-state index contributed by atoms with van der Waals surface area (Å²) in [5.74, 6) is 0.0296. The van der Waals surface area contributed by atoms with Crippen molar-refractivity contribution in [1.29, 1.82) is 0 Å². The molecule has 0 saturated carbocycles. The second-order valence-electron chi connectivity index (χ2n) is 5.13. The Bertz CT molecular complexity index is 830. The molecular weight excluding hydrogens is 319 g/mol. The fourth-order valence-electron chi connectivity index (χ4n) is 2.23. The third-order valence-corrected chi connectivity index (χ3v) is 3.63. The van der Waals surface area contributed by atoms with Crippen LogP contribution in [0.1, 0.15) is 18.7 Å². The number of rotatable bonds is 3. The third-order valence-electron chi connectivity index (χ3n) is 3.40. The van der Waals surface area contributed by atoms with E-state index in [0.717, 1.165) is 17.0 Å². The van der Waals surface area contributed by atoms with E-state index in [1.54, 1.807) is 6.92 Å². The summed E-state index contributed by atoms with van der Waals surface area (Å²) in [4.78, 5) is 12.0. The van der Waals surface area contributed by atoms with Crippen LogP contribution in [0.15, 0.2) is 52.9 Å². The lowest BCUT2D eigenvalue weighted by molar-refractivity contribution is 0.247. The SMILES string of the molecule is CC(NC(=O)Nc1ccc(Cl)cc1F)c1cc2ccccc2o1. The van der Waals surface area contributed by atoms with Crippen molar-refractivity contribution in [1.82, 2.24) is 5.32 Å². The summed E-state index contributed by atoms with van der Waals surface area (Å²) >= 11 is 5.68. The fourth-order valence-corrected chi connectivity index (χ4v) is 2.39. The molecule has 0 aliphatic rings. The van der Waals surface area contributed by atoms with Gasteiger partial charge in [-0.15, -0.1) is 0 Å². The summed E-state index contributed by atoms with van der Waals surface area (Å²) < 4.78 is 19.4. The zero-order valence-electron chi connectivity index (χ0n) is 12.3. The molecule has 3 aromatic rings. The van der Waals surface area contributed by atoms with E-state index in [1.165, 1.54) is 12.1 Å². The number of benzene rings is 2. The Hall–Kier alpha value is -2.53. The minimum absolute atomic E-state index is 0.0590. The van der Waals surface area contributed by atoms with Gasteiger partial charge in [0.25, 0.3) is 0 Å². The maximum absolute atomic E-state index is 13.7. The van der Waals surface area contributed by atoms with Crippen molar-refractivity contribution in [3.8, 4) is 0 Å². The van der Waals surface area contributed by atoms with E-state index in [0.29, 0.717) is 5.76 Å². The third kappa shape index (κ3) is 3.46. The van der Waals surface area contributed by atoms with Crippen molar-refractivity contribution in [3.63, 3.8) is 0 Å². The van der Waals surface area contributed by atoms with Crippen molar-refractivity contribution < 1.29 is 13.6 Å². The van der Waals surface area contributed by atoms with Gasteiger partial charge in [-0.05, 0) is 37.3 Å². The van der Waals surface area contributed by atoms with Gasteiger partial charge in [0.05, 0.1) is 11.7 Å². The van der Waals surface area contributed by atoms with Crippen LogP contribution in [0.4, 0.5) is 14.9 Å². The Morgan fingerprint density at radius 1 is 1.22 bits per heavy atom. The number of urea groups is 1. The zero-order chi connectivity index (χ0) is 16.4. The van der Waals surface area contributed by atoms with Gasteiger partial charge in [0, 0.05) is 10.4 Å². The lowest BCUT2D eigenvalue weighted by Gasteiger charge is -2.13. The van der Waals surface area contributed by atoms with Crippen molar-refractivity contribution in [2.24, 2.45) is 0 Å². The summed E-state index contributed by atoms with van der Waals surface area (Å²) in [7, 11) is 0. The molecule has 2 aromatic carbocycles. The number of para-hydroxylation sites is 1. The van der Waals surface area contributed by atoms with Gasteiger partial charge in [0.2, 0.25) is 0 Å². The van der Waals surface area contributed by atoms with Gasteiger partial charge in [0.15, 0.2) is 0 Å². The van der Waals surface area contributed by atoms with E-state index in [2.05, 4.69) is 10.6 Å². The number of anilines is 1. The van der Waals surface area contributed by atoms with Crippen molar-refractivity contribution in [2.45, 2.75) is 13.0 Å². The fraction of sp³-hybridized carbons (Fsp3) is 0.118. The lowest BCUT2D eigenvalue weighted by Crippen LogP contribution is -2.31. The zero-order valence-corrected chi connectivity index (χ0v) is 13.0. The normalized spacial score (nSPS) is 12.1. The number of hydrogen-bond acceptors (Lipinski definition) is 2. The molecule has 0 aliphatic carbocycles. The lowest BCUT2D eigenvalue weighted by atomic mass is 10.2. The summed E-state index contributed by atoms with van der Waals surface area (Å²) in [6.45, 7) is 1.79. The topological polar surface area (TPSA) is 54.3 Å². The molecule has 1 atom stereocenters. The molecule has 1 unspecified atom stereocenters. The average molecular weight is 333 g/mol. The average Bonchev–Trinajstić information content (AvgIpc) is 2.94. The molecular formula is C17H14ClFN2O2. The maximum Gasteiger partial charge on any atom is 0.319 e. The van der Waals surface area contributed by atoms with Crippen LogP contribution in [0.2, 0.25) is 5.02 Å². The molecule has 6 heteroatoms. The molecule has 2 N–H and O–H groups in total. The van der Waals surface area contributed by atoms with E-state index in [9.17, 15) is 9.18 Å². The van der Waals surface area contributed by atoms with Gasteiger partial charge in [-0.1, -0.05) is 29.8 Å². The van der Waals surface area contributed by atoms with Gasteiger partial charge in [-0.2, -0.15) is 0 Å². The van der Waals surface area contributed by atoms with Crippen LogP contribution < -0.4 is 10.6 Å². The molecule has 4 nitrogen and oxygen atoms in total. The molecule has 0 fully saturated rings. The van der Waals surface area contributed by atoms with Crippen molar-refractivity contribution in [2.75, 3.05) is 5.32 Å². The smallest absolute Gasteiger partial charge is 0.319 e. The highest BCUT2D eigenvalue weighted by atomic mass is 35.5. The van der Waals surface area contributed by atoms with Crippen LogP contribution in [-0.4, -0.2) is 6.03 Å². The summed E-state index contributed by atoms with van der Waals surface area (Å²) in [5.41, 5.74) is 0.809. The van der Waals surface area contributed by atoms with E-state index in [1.807, 2.05) is 30.3 Å². The van der Waals surface area contributed by atoms with E-state index >= 15 is 0 Å². The second-order valence-corrected chi connectivity index (χ2v) is 5.57. The van der Waals surface area contributed by atoms with Crippen LogP contribution in [-0.2, 0) is 0 Å². The van der Waals surface area contributed by atoms with Gasteiger partial charge in [0.1, 0.15) is 17.2 Å². The summed E-state index contributed by atoms with van der Waals surface area (Å²) in [6.07, 6.45) is 0. The highest BCUT2D eigenvalue weighted by molar-refractivity contribution is 6.30. The van der Waals surface area contributed by atoms with Crippen LogP contribution in [0.25, 0.3) is 11.0 Å². The second kappa shape index (κ2) is 6.30. The Morgan fingerprint density at radius 3 is 2.74 bits per heavy atom. The number of fused-ring (bicyclic) bond motifs is 1. The first-order chi connectivity index (χ1) is 11.0. The number of carbonyl (C=O) groups is 1. The summed E-state index contributed by atoms with van der Waals surface area (Å²) in [6, 6.07) is 12.6. The van der Waals surface area contributed by atoms with Crippen molar-refractivity contribution in [3.05, 3.63) is 65.1 Å². The monoisotopic (exact) mass is 332 g/mol. The van der Waals surface area contributed by atoms with Gasteiger partial charge in [-0.3, -0.25) is 0 Å². The summed E-state index contributed by atoms with van der Waals surface area (Å²) in [5, 5.41) is 6.38. The highest BCUT2D eigenvalue weighted by Gasteiger charge is 2.15. The van der Waals surface area contributed by atoms with Gasteiger partial charge in [-0.25, -0.2) is 9.18 Å². The molecule has 1 heterocycles. The molecule has 118 valence electrons. The molecule has 0 bridgehead atoms.